The van der Waals surface area contributed by atoms with Crippen molar-refractivity contribution in [3.05, 3.63) is 78.8 Å². The van der Waals surface area contributed by atoms with E-state index < -0.39 is 0 Å². The van der Waals surface area contributed by atoms with Crippen LogP contribution in [-0.4, -0.2) is 25.9 Å². The molecule has 0 saturated carbocycles. The first-order valence-electron chi connectivity index (χ1n) is 7.43. The fourth-order valence-corrected chi connectivity index (χ4v) is 2.53. The maximum atomic E-state index is 12.6. The minimum absolute atomic E-state index is 0.168. The summed E-state index contributed by atoms with van der Waals surface area (Å²) in [6.45, 7) is 0. The molecule has 0 fully saturated rings. The molecule has 4 aromatic rings. The van der Waals surface area contributed by atoms with Gasteiger partial charge in [0.05, 0.1) is 23.6 Å². The van der Waals surface area contributed by atoms with Crippen LogP contribution in [0.3, 0.4) is 0 Å². The SMILES string of the molecule is O=C(Nc1ccc(-n2nccn2)cc1)c1cccc2ncccc12. The third kappa shape index (κ3) is 2.61. The van der Waals surface area contributed by atoms with Crippen LogP contribution in [0.1, 0.15) is 10.4 Å². The molecule has 0 aliphatic rings. The molecule has 2 heterocycles. The fourth-order valence-electron chi connectivity index (χ4n) is 2.53. The lowest BCUT2D eigenvalue weighted by molar-refractivity contribution is 0.102. The van der Waals surface area contributed by atoms with Gasteiger partial charge in [-0.05, 0) is 42.5 Å². The number of amides is 1. The number of pyridine rings is 1. The fraction of sp³-hybridized carbons (Fsp3) is 0. The van der Waals surface area contributed by atoms with E-state index in [2.05, 4.69) is 20.5 Å². The summed E-state index contributed by atoms with van der Waals surface area (Å²) in [6.07, 6.45) is 4.94. The van der Waals surface area contributed by atoms with Gasteiger partial charge in [-0.25, -0.2) is 0 Å². The predicted octanol–water partition coefficient (Wildman–Crippen LogP) is 3.07. The van der Waals surface area contributed by atoms with Crippen molar-refractivity contribution in [3.8, 4) is 5.69 Å². The van der Waals surface area contributed by atoms with Crippen LogP contribution in [0.25, 0.3) is 16.6 Å². The van der Waals surface area contributed by atoms with E-state index in [1.54, 1.807) is 24.7 Å². The Kier molecular flexibility index (Phi) is 3.47. The van der Waals surface area contributed by atoms with Crippen LogP contribution < -0.4 is 5.32 Å². The number of carbonyl (C=O) groups is 1. The molecular weight excluding hydrogens is 302 g/mol. The van der Waals surface area contributed by atoms with Crippen LogP contribution >= 0.6 is 0 Å². The Hall–Kier alpha value is -3.54. The number of carbonyl (C=O) groups excluding carboxylic acids is 1. The highest BCUT2D eigenvalue weighted by Gasteiger charge is 2.10. The van der Waals surface area contributed by atoms with Gasteiger partial charge in [0, 0.05) is 22.8 Å². The number of hydrogen-bond acceptors (Lipinski definition) is 4. The zero-order valence-corrected chi connectivity index (χ0v) is 12.6. The first-order valence-corrected chi connectivity index (χ1v) is 7.43. The maximum absolute atomic E-state index is 12.6. The van der Waals surface area contributed by atoms with Crippen LogP contribution in [-0.2, 0) is 0 Å². The van der Waals surface area contributed by atoms with Gasteiger partial charge >= 0.3 is 0 Å². The zero-order chi connectivity index (χ0) is 16.4. The molecule has 0 atom stereocenters. The normalized spacial score (nSPS) is 10.7. The lowest BCUT2D eigenvalue weighted by atomic mass is 10.1. The molecule has 24 heavy (non-hydrogen) atoms. The zero-order valence-electron chi connectivity index (χ0n) is 12.6. The second kappa shape index (κ2) is 5.92. The largest absolute Gasteiger partial charge is 0.322 e. The summed E-state index contributed by atoms with van der Waals surface area (Å²) in [4.78, 5) is 18.4. The summed E-state index contributed by atoms with van der Waals surface area (Å²) >= 11 is 0. The summed E-state index contributed by atoms with van der Waals surface area (Å²) < 4.78 is 0. The number of fused-ring (bicyclic) bond motifs is 1. The van der Waals surface area contributed by atoms with Crippen LogP contribution in [0, 0.1) is 0 Å². The van der Waals surface area contributed by atoms with Crippen LogP contribution in [0.15, 0.2) is 73.2 Å². The van der Waals surface area contributed by atoms with Gasteiger partial charge in [-0.15, -0.1) is 0 Å². The van der Waals surface area contributed by atoms with Gasteiger partial charge in [0.25, 0.3) is 5.91 Å². The van der Waals surface area contributed by atoms with Crippen LogP contribution in [0.4, 0.5) is 5.69 Å². The Labute approximate surface area is 137 Å². The first kappa shape index (κ1) is 14.1. The molecule has 6 heteroatoms. The molecule has 0 bridgehead atoms. The second-order valence-electron chi connectivity index (χ2n) is 5.20. The number of aromatic nitrogens is 4. The lowest BCUT2D eigenvalue weighted by Gasteiger charge is -2.08. The molecule has 0 aliphatic heterocycles. The van der Waals surface area contributed by atoms with E-state index in [1.165, 1.54) is 4.80 Å². The van der Waals surface area contributed by atoms with Crippen molar-refractivity contribution in [1.82, 2.24) is 20.0 Å². The molecule has 0 saturated heterocycles. The average molecular weight is 315 g/mol. The van der Waals surface area contributed by atoms with E-state index >= 15 is 0 Å². The molecule has 2 aromatic heterocycles. The predicted molar refractivity (Wildman–Crippen MR) is 91.1 cm³/mol. The average Bonchev–Trinajstić information content (AvgIpc) is 3.16. The van der Waals surface area contributed by atoms with E-state index in [0.717, 1.165) is 16.6 Å². The van der Waals surface area contributed by atoms with Gasteiger partial charge in [-0.1, -0.05) is 12.1 Å². The molecular formula is C18H13N5O. The Morgan fingerprint density at radius 2 is 1.67 bits per heavy atom. The molecule has 1 N–H and O–H groups in total. The van der Waals surface area contributed by atoms with Crippen molar-refractivity contribution in [2.45, 2.75) is 0 Å². The number of benzene rings is 2. The third-order valence-corrected chi connectivity index (χ3v) is 3.67. The Morgan fingerprint density at radius 1 is 0.875 bits per heavy atom. The highest BCUT2D eigenvalue weighted by molar-refractivity contribution is 6.12. The van der Waals surface area contributed by atoms with E-state index in [4.69, 9.17) is 0 Å². The van der Waals surface area contributed by atoms with Gasteiger partial charge in [-0.3, -0.25) is 9.78 Å². The molecule has 4 rings (SSSR count). The molecule has 0 spiro atoms. The van der Waals surface area contributed by atoms with Gasteiger partial charge in [0.2, 0.25) is 0 Å². The third-order valence-electron chi connectivity index (χ3n) is 3.67. The molecule has 116 valence electrons. The first-order chi connectivity index (χ1) is 11.8. The number of anilines is 1. The van der Waals surface area contributed by atoms with E-state index in [9.17, 15) is 4.79 Å². The second-order valence-corrected chi connectivity index (χ2v) is 5.20. The molecule has 0 radical (unpaired) electrons. The standard InChI is InChI=1S/C18H13N5O/c24-18(16-3-1-5-17-15(16)4-2-10-19-17)22-13-6-8-14(9-7-13)23-20-11-12-21-23/h1-12H,(H,22,24). The summed E-state index contributed by atoms with van der Waals surface area (Å²) in [5.41, 5.74) is 2.92. The number of hydrogen-bond donors (Lipinski definition) is 1. The minimum atomic E-state index is -0.168. The van der Waals surface area contributed by atoms with Gasteiger partial charge in [0.1, 0.15) is 0 Å². The van der Waals surface area contributed by atoms with Crippen molar-refractivity contribution in [2.24, 2.45) is 0 Å². The Morgan fingerprint density at radius 3 is 2.46 bits per heavy atom. The summed E-state index contributed by atoms with van der Waals surface area (Å²) in [5, 5.41) is 11.9. The summed E-state index contributed by atoms with van der Waals surface area (Å²) in [6, 6.07) is 16.6. The molecule has 2 aromatic carbocycles. The topological polar surface area (TPSA) is 72.7 Å². The smallest absolute Gasteiger partial charge is 0.256 e. The highest BCUT2D eigenvalue weighted by Crippen LogP contribution is 2.19. The molecule has 6 nitrogen and oxygen atoms in total. The Bertz CT molecular complexity index is 988. The molecule has 1 amide bonds. The van der Waals surface area contributed by atoms with Gasteiger partial charge in [-0.2, -0.15) is 15.0 Å². The highest BCUT2D eigenvalue weighted by atomic mass is 16.1. The molecule has 0 unspecified atom stereocenters. The van der Waals surface area contributed by atoms with Gasteiger partial charge < -0.3 is 5.32 Å². The van der Waals surface area contributed by atoms with Crippen LogP contribution in [0.5, 0.6) is 0 Å². The number of nitrogens with one attached hydrogen (secondary N) is 1. The van der Waals surface area contributed by atoms with E-state index in [1.807, 2.05) is 48.5 Å². The Balaban J connectivity index is 1.59. The van der Waals surface area contributed by atoms with Crippen molar-refractivity contribution in [2.75, 3.05) is 5.32 Å². The van der Waals surface area contributed by atoms with Crippen LogP contribution in [0.2, 0.25) is 0 Å². The van der Waals surface area contributed by atoms with Crippen molar-refractivity contribution < 1.29 is 4.79 Å². The van der Waals surface area contributed by atoms with Crippen molar-refractivity contribution in [1.29, 1.82) is 0 Å². The van der Waals surface area contributed by atoms with Crippen molar-refractivity contribution >= 4 is 22.5 Å². The van der Waals surface area contributed by atoms with Crippen molar-refractivity contribution in [3.63, 3.8) is 0 Å². The summed E-state index contributed by atoms with van der Waals surface area (Å²) in [5.74, 6) is -0.168. The van der Waals surface area contributed by atoms with E-state index in [0.29, 0.717) is 11.3 Å². The lowest BCUT2D eigenvalue weighted by Crippen LogP contribution is -2.12. The number of nitrogens with zero attached hydrogens (tertiary/aromatic N) is 4. The number of rotatable bonds is 3. The monoisotopic (exact) mass is 315 g/mol. The molecule has 0 aliphatic carbocycles. The minimum Gasteiger partial charge on any atom is -0.322 e. The van der Waals surface area contributed by atoms with E-state index in [-0.39, 0.29) is 5.91 Å². The van der Waals surface area contributed by atoms with Gasteiger partial charge in [0.15, 0.2) is 0 Å². The quantitative estimate of drug-likeness (QED) is 0.630. The summed E-state index contributed by atoms with van der Waals surface area (Å²) in [7, 11) is 0. The maximum Gasteiger partial charge on any atom is 0.256 e.